The Morgan fingerprint density at radius 2 is 2.00 bits per heavy atom. The third-order valence-electron chi connectivity index (χ3n) is 3.97. The van der Waals surface area contributed by atoms with Crippen LogP contribution in [-0.2, 0) is 6.54 Å². The number of para-hydroxylation sites is 1. The minimum absolute atomic E-state index is 0.184. The summed E-state index contributed by atoms with van der Waals surface area (Å²) >= 11 is 0. The van der Waals surface area contributed by atoms with E-state index in [0.29, 0.717) is 18.1 Å². The first-order valence-electron chi connectivity index (χ1n) is 8.12. The second-order valence-electron chi connectivity index (χ2n) is 5.70. The van der Waals surface area contributed by atoms with E-state index >= 15 is 0 Å². The van der Waals surface area contributed by atoms with Crippen molar-refractivity contribution < 1.29 is 4.79 Å². The van der Waals surface area contributed by atoms with E-state index in [9.17, 15) is 4.79 Å². The number of aromatic nitrogens is 5. The van der Waals surface area contributed by atoms with Gasteiger partial charge in [-0.15, -0.1) is 0 Å². The summed E-state index contributed by atoms with van der Waals surface area (Å²) in [5.41, 5.74) is 3.27. The fraction of sp³-hybridized carbons (Fsp3) is 0.0526. The Balaban J connectivity index is 1.49. The zero-order valence-corrected chi connectivity index (χ0v) is 13.8. The molecule has 2 aromatic carbocycles. The molecule has 0 saturated carbocycles. The maximum Gasteiger partial charge on any atom is 0.270 e. The van der Waals surface area contributed by atoms with Gasteiger partial charge < -0.3 is 5.32 Å². The van der Waals surface area contributed by atoms with Crippen molar-refractivity contribution in [1.29, 1.82) is 0 Å². The lowest BCUT2D eigenvalue weighted by atomic mass is 10.1. The third kappa shape index (κ3) is 3.23. The topological polar surface area (TPSA) is 88.5 Å². The van der Waals surface area contributed by atoms with Crippen LogP contribution in [0.2, 0.25) is 0 Å². The Morgan fingerprint density at radius 1 is 1.12 bits per heavy atom. The molecule has 1 amide bonds. The number of nitrogens with zero attached hydrogens (tertiary/aromatic N) is 4. The second kappa shape index (κ2) is 7.02. The molecule has 26 heavy (non-hydrogen) atoms. The maximum absolute atomic E-state index is 12.6. The van der Waals surface area contributed by atoms with Gasteiger partial charge in [-0.25, -0.2) is 9.97 Å². The summed E-state index contributed by atoms with van der Waals surface area (Å²) < 4.78 is 1.76. The number of rotatable bonds is 5. The predicted octanol–water partition coefficient (Wildman–Crippen LogP) is 2.59. The van der Waals surface area contributed by atoms with Gasteiger partial charge in [0.05, 0.1) is 12.5 Å². The number of carbonyl (C=O) groups is 1. The average molecular weight is 344 g/mol. The van der Waals surface area contributed by atoms with E-state index in [1.165, 1.54) is 6.33 Å². The highest BCUT2D eigenvalue weighted by Gasteiger charge is 2.13. The van der Waals surface area contributed by atoms with Crippen LogP contribution in [0.1, 0.15) is 16.1 Å². The van der Waals surface area contributed by atoms with Crippen molar-refractivity contribution in [1.82, 2.24) is 30.0 Å². The number of hydrogen-bond acceptors (Lipinski definition) is 4. The minimum atomic E-state index is -0.184. The molecule has 2 N–H and O–H groups in total. The standard InChI is InChI=1S/C19H16N6O/c26-19(17-11-20-13-25(17)16-7-2-1-3-8-16)21-10-14-5-4-6-15(9-14)18-22-12-23-24-18/h1-9,11-13H,10H2,(H,21,26)(H,22,23,24). The maximum atomic E-state index is 12.6. The summed E-state index contributed by atoms with van der Waals surface area (Å²) in [4.78, 5) is 20.8. The van der Waals surface area contributed by atoms with Gasteiger partial charge in [0.2, 0.25) is 0 Å². The minimum Gasteiger partial charge on any atom is -0.347 e. The lowest BCUT2D eigenvalue weighted by molar-refractivity contribution is 0.0944. The summed E-state index contributed by atoms with van der Waals surface area (Å²) in [6, 6.07) is 17.4. The normalized spacial score (nSPS) is 10.6. The van der Waals surface area contributed by atoms with E-state index in [4.69, 9.17) is 0 Å². The SMILES string of the molecule is O=C(NCc1cccc(-c2ncn[nH]2)c1)c1cncn1-c1ccccc1. The van der Waals surface area contributed by atoms with E-state index in [-0.39, 0.29) is 5.91 Å². The quantitative estimate of drug-likeness (QED) is 0.582. The molecule has 0 aliphatic rings. The van der Waals surface area contributed by atoms with Crippen molar-refractivity contribution in [3.8, 4) is 17.1 Å². The van der Waals surface area contributed by atoms with Crippen LogP contribution in [0.5, 0.6) is 0 Å². The molecule has 0 unspecified atom stereocenters. The summed E-state index contributed by atoms with van der Waals surface area (Å²) in [5.74, 6) is 0.511. The third-order valence-corrected chi connectivity index (χ3v) is 3.97. The van der Waals surface area contributed by atoms with Gasteiger partial charge in [-0.05, 0) is 23.8 Å². The second-order valence-corrected chi connectivity index (χ2v) is 5.70. The molecule has 0 saturated heterocycles. The van der Waals surface area contributed by atoms with Gasteiger partial charge in [-0.1, -0.05) is 36.4 Å². The average Bonchev–Trinajstić information content (AvgIpc) is 3.39. The smallest absolute Gasteiger partial charge is 0.270 e. The summed E-state index contributed by atoms with van der Waals surface area (Å²) in [5, 5.41) is 9.63. The first-order chi connectivity index (χ1) is 12.8. The van der Waals surface area contributed by atoms with Gasteiger partial charge in [0.1, 0.15) is 12.0 Å². The highest BCUT2D eigenvalue weighted by Crippen LogP contribution is 2.16. The summed E-state index contributed by atoms with van der Waals surface area (Å²) in [6.07, 6.45) is 4.66. The van der Waals surface area contributed by atoms with Gasteiger partial charge in [-0.3, -0.25) is 14.5 Å². The van der Waals surface area contributed by atoms with E-state index in [2.05, 4.69) is 25.5 Å². The Kier molecular flexibility index (Phi) is 4.26. The van der Waals surface area contributed by atoms with Crippen LogP contribution in [0.3, 0.4) is 0 Å². The molecule has 4 rings (SSSR count). The van der Waals surface area contributed by atoms with Crippen LogP contribution in [-0.4, -0.2) is 30.6 Å². The predicted molar refractivity (Wildman–Crippen MR) is 96.6 cm³/mol. The molecule has 2 aromatic heterocycles. The van der Waals surface area contributed by atoms with E-state index in [1.807, 2.05) is 54.6 Å². The van der Waals surface area contributed by atoms with Crippen molar-refractivity contribution in [3.63, 3.8) is 0 Å². The van der Waals surface area contributed by atoms with Gasteiger partial charge in [0.15, 0.2) is 5.82 Å². The molecule has 0 aliphatic carbocycles. The number of nitrogens with one attached hydrogen (secondary N) is 2. The van der Waals surface area contributed by atoms with Crippen LogP contribution in [0.15, 0.2) is 73.4 Å². The highest BCUT2D eigenvalue weighted by atomic mass is 16.1. The molecule has 0 atom stereocenters. The Morgan fingerprint density at radius 3 is 2.81 bits per heavy atom. The van der Waals surface area contributed by atoms with Crippen molar-refractivity contribution >= 4 is 5.91 Å². The number of aromatic amines is 1. The number of amides is 1. The summed E-state index contributed by atoms with van der Waals surface area (Å²) in [6.45, 7) is 0.404. The van der Waals surface area contributed by atoms with Crippen LogP contribution >= 0.6 is 0 Å². The first-order valence-corrected chi connectivity index (χ1v) is 8.12. The molecule has 7 heteroatoms. The van der Waals surface area contributed by atoms with Crippen LogP contribution in [0.25, 0.3) is 17.1 Å². The molecule has 7 nitrogen and oxygen atoms in total. The van der Waals surface area contributed by atoms with Crippen molar-refractivity contribution in [2.45, 2.75) is 6.54 Å². The van der Waals surface area contributed by atoms with Crippen LogP contribution < -0.4 is 5.32 Å². The molecular weight excluding hydrogens is 328 g/mol. The fourth-order valence-corrected chi connectivity index (χ4v) is 2.70. The van der Waals surface area contributed by atoms with Crippen molar-refractivity contribution in [2.75, 3.05) is 0 Å². The molecule has 0 fully saturated rings. The molecule has 0 aliphatic heterocycles. The number of benzene rings is 2. The van der Waals surface area contributed by atoms with Gasteiger partial charge in [0.25, 0.3) is 5.91 Å². The Bertz CT molecular complexity index is 1010. The lowest BCUT2D eigenvalue weighted by Crippen LogP contribution is -2.25. The zero-order valence-electron chi connectivity index (χ0n) is 13.8. The largest absolute Gasteiger partial charge is 0.347 e. The van der Waals surface area contributed by atoms with E-state index in [1.54, 1.807) is 17.1 Å². The Hall–Kier alpha value is -3.74. The fourth-order valence-electron chi connectivity index (χ4n) is 2.70. The number of H-pyrrole nitrogens is 1. The zero-order chi connectivity index (χ0) is 17.8. The molecule has 2 heterocycles. The molecule has 0 spiro atoms. The number of imidazole rings is 1. The van der Waals surface area contributed by atoms with Gasteiger partial charge in [-0.2, -0.15) is 5.10 Å². The molecule has 0 bridgehead atoms. The van der Waals surface area contributed by atoms with Gasteiger partial charge >= 0.3 is 0 Å². The van der Waals surface area contributed by atoms with E-state index in [0.717, 1.165) is 16.8 Å². The number of carbonyl (C=O) groups excluding carboxylic acids is 1. The van der Waals surface area contributed by atoms with Crippen molar-refractivity contribution in [2.24, 2.45) is 0 Å². The van der Waals surface area contributed by atoms with Crippen LogP contribution in [0.4, 0.5) is 0 Å². The summed E-state index contributed by atoms with van der Waals surface area (Å²) in [7, 11) is 0. The lowest BCUT2D eigenvalue weighted by Gasteiger charge is -2.09. The van der Waals surface area contributed by atoms with Crippen LogP contribution in [0, 0.1) is 0 Å². The number of hydrogen-bond donors (Lipinski definition) is 2. The molecule has 4 aromatic rings. The van der Waals surface area contributed by atoms with Crippen molar-refractivity contribution in [3.05, 3.63) is 84.7 Å². The van der Waals surface area contributed by atoms with Gasteiger partial charge in [0, 0.05) is 17.8 Å². The molecular formula is C19H16N6O. The van der Waals surface area contributed by atoms with E-state index < -0.39 is 0 Å². The Labute approximate surface area is 149 Å². The monoisotopic (exact) mass is 344 g/mol. The highest BCUT2D eigenvalue weighted by molar-refractivity contribution is 5.93. The molecule has 128 valence electrons. The molecule has 0 radical (unpaired) electrons. The first kappa shape index (κ1) is 15.8.